The second kappa shape index (κ2) is 9.39. The first kappa shape index (κ1) is 19.9. The quantitative estimate of drug-likeness (QED) is 0.602. The van der Waals surface area contributed by atoms with Crippen LogP contribution in [0.3, 0.4) is 0 Å². The third kappa shape index (κ3) is 5.35. The first-order chi connectivity index (χ1) is 14.2. The van der Waals surface area contributed by atoms with E-state index in [0.717, 1.165) is 49.6 Å². The maximum atomic E-state index is 13.0. The Morgan fingerprint density at radius 2 is 2.17 bits per heavy atom. The first-order valence-corrected chi connectivity index (χ1v) is 10.6. The molecule has 1 amide bonds. The Morgan fingerprint density at radius 1 is 1.28 bits per heavy atom. The zero-order valence-corrected chi connectivity index (χ0v) is 17.0. The summed E-state index contributed by atoms with van der Waals surface area (Å²) in [6.45, 7) is 2.16. The molecule has 1 aromatic heterocycles. The standard InChI is InChI=1S/C22H29N3O4/c1-27-18-6-4-5-17(13-18)14-21(26)25-11-3-2-7-19(25)22-23-20(24-29-22)10-12-28-15-16-8-9-16/h4-6,13,16,19H,2-3,7-12,14-15H2,1H3. The molecule has 1 saturated heterocycles. The van der Waals surface area contributed by atoms with Crippen molar-refractivity contribution in [2.75, 3.05) is 26.9 Å². The van der Waals surface area contributed by atoms with Gasteiger partial charge < -0.3 is 18.9 Å². The van der Waals surface area contributed by atoms with E-state index in [1.54, 1.807) is 7.11 Å². The zero-order valence-electron chi connectivity index (χ0n) is 17.0. The summed E-state index contributed by atoms with van der Waals surface area (Å²) in [5.41, 5.74) is 0.942. The Morgan fingerprint density at radius 3 is 3.00 bits per heavy atom. The highest BCUT2D eigenvalue weighted by Crippen LogP contribution is 2.31. The molecule has 0 bridgehead atoms. The number of likely N-dealkylation sites (tertiary alicyclic amines) is 1. The van der Waals surface area contributed by atoms with Gasteiger partial charge in [0.25, 0.3) is 0 Å². The Kier molecular flexibility index (Phi) is 6.44. The molecular weight excluding hydrogens is 370 g/mol. The molecule has 2 heterocycles. The van der Waals surface area contributed by atoms with Gasteiger partial charge in [-0.2, -0.15) is 4.98 Å². The highest BCUT2D eigenvalue weighted by molar-refractivity contribution is 5.79. The third-order valence-electron chi connectivity index (χ3n) is 5.60. The number of benzene rings is 1. The number of ether oxygens (including phenoxy) is 2. The van der Waals surface area contributed by atoms with Crippen molar-refractivity contribution in [3.8, 4) is 5.75 Å². The van der Waals surface area contributed by atoms with Gasteiger partial charge in [0, 0.05) is 19.6 Å². The summed E-state index contributed by atoms with van der Waals surface area (Å²) >= 11 is 0. The minimum absolute atomic E-state index is 0.0791. The van der Waals surface area contributed by atoms with Gasteiger partial charge >= 0.3 is 0 Å². The number of hydrogen-bond donors (Lipinski definition) is 0. The van der Waals surface area contributed by atoms with E-state index in [1.807, 2.05) is 29.2 Å². The van der Waals surface area contributed by atoms with Gasteiger partial charge in [-0.25, -0.2) is 0 Å². The Balaban J connectivity index is 1.36. The topological polar surface area (TPSA) is 77.7 Å². The normalized spacial score (nSPS) is 19.3. The number of methoxy groups -OCH3 is 1. The average molecular weight is 399 g/mol. The van der Waals surface area contributed by atoms with E-state index < -0.39 is 0 Å². The molecule has 1 saturated carbocycles. The second-order valence-corrected chi connectivity index (χ2v) is 7.94. The van der Waals surface area contributed by atoms with Crippen molar-refractivity contribution in [1.82, 2.24) is 15.0 Å². The number of carbonyl (C=O) groups is 1. The Bertz CT molecular complexity index is 818. The van der Waals surface area contributed by atoms with Crippen molar-refractivity contribution in [2.24, 2.45) is 5.92 Å². The average Bonchev–Trinajstić information content (AvgIpc) is 3.46. The monoisotopic (exact) mass is 399 g/mol. The summed E-state index contributed by atoms with van der Waals surface area (Å²) in [6, 6.07) is 7.50. The Labute approximate surface area is 171 Å². The molecule has 2 aromatic rings. The summed E-state index contributed by atoms with van der Waals surface area (Å²) in [7, 11) is 1.63. The predicted molar refractivity (Wildman–Crippen MR) is 107 cm³/mol. The highest BCUT2D eigenvalue weighted by Gasteiger charge is 2.32. The largest absolute Gasteiger partial charge is 0.497 e. The van der Waals surface area contributed by atoms with Crippen molar-refractivity contribution in [3.05, 3.63) is 41.5 Å². The summed E-state index contributed by atoms with van der Waals surface area (Å²) in [5.74, 6) is 2.79. The van der Waals surface area contributed by atoms with Crippen molar-refractivity contribution < 1.29 is 18.8 Å². The molecular formula is C22H29N3O4. The fourth-order valence-electron chi connectivity index (χ4n) is 3.75. The van der Waals surface area contributed by atoms with Crippen molar-refractivity contribution >= 4 is 5.91 Å². The van der Waals surface area contributed by atoms with Crippen molar-refractivity contribution in [2.45, 2.75) is 51.0 Å². The lowest BCUT2D eigenvalue weighted by molar-refractivity contribution is -0.135. The minimum Gasteiger partial charge on any atom is -0.497 e. The molecule has 2 aliphatic rings. The van der Waals surface area contributed by atoms with Gasteiger partial charge in [-0.15, -0.1) is 0 Å². The van der Waals surface area contributed by atoms with Gasteiger partial charge in [-0.05, 0) is 55.7 Å². The molecule has 1 aliphatic heterocycles. The van der Waals surface area contributed by atoms with Crippen LogP contribution in [0.2, 0.25) is 0 Å². The van der Waals surface area contributed by atoms with Gasteiger partial charge in [0.15, 0.2) is 5.82 Å². The molecule has 0 radical (unpaired) electrons. The number of carbonyl (C=O) groups excluding carboxylic acids is 1. The summed E-state index contributed by atoms with van der Waals surface area (Å²) < 4.78 is 16.5. The van der Waals surface area contributed by atoms with Crippen molar-refractivity contribution in [3.63, 3.8) is 0 Å². The smallest absolute Gasteiger partial charge is 0.249 e. The summed E-state index contributed by atoms with van der Waals surface area (Å²) in [6.07, 6.45) is 6.45. The van der Waals surface area contributed by atoms with Crippen LogP contribution in [0, 0.1) is 5.92 Å². The highest BCUT2D eigenvalue weighted by atomic mass is 16.5. The number of nitrogens with zero attached hydrogens (tertiary/aromatic N) is 3. The SMILES string of the molecule is COc1cccc(CC(=O)N2CCCCC2c2nc(CCOCC3CC3)no2)c1. The lowest BCUT2D eigenvalue weighted by Crippen LogP contribution is -2.39. The number of amides is 1. The lowest BCUT2D eigenvalue weighted by atomic mass is 10.0. The van der Waals surface area contributed by atoms with E-state index in [9.17, 15) is 4.79 Å². The van der Waals surface area contributed by atoms with E-state index in [1.165, 1.54) is 12.8 Å². The molecule has 1 aliphatic carbocycles. The van der Waals surface area contributed by atoms with Crippen LogP contribution in [-0.4, -0.2) is 47.8 Å². The molecule has 1 atom stereocenters. The van der Waals surface area contributed by atoms with E-state index >= 15 is 0 Å². The second-order valence-electron chi connectivity index (χ2n) is 7.94. The molecule has 2 fully saturated rings. The number of aromatic nitrogens is 2. The molecule has 7 nitrogen and oxygen atoms in total. The van der Waals surface area contributed by atoms with Gasteiger partial charge in [-0.3, -0.25) is 4.79 Å². The van der Waals surface area contributed by atoms with Gasteiger partial charge in [-0.1, -0.05) is 17.3 Å². The van der Waals surface area contributed by atoms with Crippen LogP contribution in [0.25, 0.3) is 0 Å². The van der Waals surface area contributed by atoms with Gasteiger partial charge in [0.2, 0.25) is 11.8 Å². The maximum Gasteiger partial charge on any atom is 0.249 e. The summed E-state index contributed by atoms with van der Waals surface area (Å²) in [4.78, 5) is 19.5. The van der Waals surface area contributed by atoms with E-state index in [0.29, 0.717) is 31.2 Å². The lowest BCUT2D eigenvalue weighted by Gasteiger charge is -2.33. The van der Waals surface area contributed by atoms with Crippen LogP contribution in [-0.2, 0) is 22.4 Å². The number of piperidine rings is 1. The maximum absolute atomic E-state index is 13.0. The van der Waals surface area contributed by atoms with Gasteiger partial charge in [0.05, 0.1) is 20.1 Å². The van der Waals surface area contributed by atoms with E-state index in [2.05, 4.69) is 10.1 Å². The fraction of sp³-hybridized carbons (Fsp3) is 0.591. The molecule has 156 valence electrons. The fourth-order valence-corrected chi connectivity index (χ4v) is 3.75. The first-order valence-electron chi connectivity index (χ1n) is 10.6. The predicted octanol–water partition coefficient (Wildman–Crippen LogP) is 3.34. The number of hydrogen-bond acceptors (Lipinski definition) is 6. The molecule has 0 spiro atoms. The van der Waals surface area contributed by atoms with E-state index in [4.69, 9.17) is 14.0 Å². The van der Waals surface area contributed by atoms with Crippen LogP contribution in [0.15, 0.2) is 28.8 Å². The van der Waals surface area contributed by atoms with E-state index in [-0.39, 0.29) is 11.9 Å². The van der Waals surface area contributed by atoms with Crippen LogP contribution in [0.5, 0.6) is 5.75 Å². The van der Waals surface area contributed by atoms with Crippen LogP contribution < -0.4 is 4.74 Å². The Hall–Kier alpha value is -2.41. The molecule has 1 aromatic carbocycles. The van der Waals surface area contributed by atoms with Gasteiger partial charge in [0.1, 0.15) is 11.8 Å². The number of rotatable bonds is 9. The summed E-state index contributed by atoms with van der Waals surface area (Å²) in [5, 5.41) is 4.10. The molecule has 1 unspecified atom stereocenters. The van der Waals surface area contributed by atoms with Crippen LogP contribution in [0.4, 0.5) is 0 Å². The molecule has 7 heteroatoms. The molecule has 0 N–H and O–H groups in total. The third-order valence-corrected chi connectivity index (χ3v) is 5.60. The molecule has 29 heavy (non-hydrogen) atoms. The zero-order chi connectivity index (χ0) is 20.1. The minimum atomic E-state index is -0.143. The van der Waals surface area contributed by atoms with Crippen molar-refractivity contribution in [1.29, 1.82) is 0 Å². The molecule has 4 rings (SSSR count). The van der Waals surface area contributed by atoms with Crippen LogP contribution in [0.1, 0.15) is 55.4 Å². The van der Waals surface area contributed by atoms with Crippen LogP contribution >= 0.6 is 0 Å².